The molecule has 0 fully saturated rings. The van der Waals surface area contributed by atoms with Gasteiger partial charge in [0, 0.05) is 10.5 Å². The second kappa shape index (κ2) is 7.51. The van der Waals surface area contributed by atoms with Crippen molar-refractivity contribution in [2.45, 2.75) is 11.8 Å². The number of phenols is 1. The number of nitrogens with one attached hydrogen (secondary N) is 2. The number of rotatable bonds is 4. The number of phenolic OH excluding ortho intramolecular Hbond substituents is 1. The van der Waals surface area contributed by atoms with Gasteiger partial charge in [-0.15, -0.1) is 11.8 Å². The third kappa shape index (κ3) is 4.82. The van der Waals surface area contributed by atoms with Gasteiger partial charge in [0.15, 0.2) is 0 Å². The fourth-order valence-corrected chi connectivity index (χ4v) is 2.36. The van der Waals surface area contributed by atoms with Crippen LogP contribution in [0.5, 0.6) is 5.75 Å². The summed E-state index contributed by atoms with van der Waals surface area (Å²) in [6.07, 6.45) is 0. The van der Waals surface area contributed by atoms with E-state index in [1.165, 1.54) is 23.9 Å². The molecule has 2 aromatic rings. The van der Waals surface area contributed by atoms with Crippen LogP contribution in [0, 0.1) is 6.92 Å². The molecule has 0 aliphatic carbocycles. The molecule has 0 aliphatic rings. The van der Waals surface area contributed by atoms with E-state index >= 15 is 0 Å². The van der Waals surface area contributed by atoms with E-state index in [0.717, 1.165) is 10.5 Å². The molecule has 0 heterocycles. The smallest absolute Gasteiger partial charge is 0.269 e. The summed E-state index contributed by atoms with van der Waals surface area (Å²) in [5.41, 5.74) is 6.08. The van der Waals surface area contributed by atoms with E-state index in [1.807, 2.05) is 31.2 Å². The number of amides is 2. The minimum Gasteiger partial charge on any atom is -0.508 e. The zero-order valence-electron chi connectivity index (χ0n) is 12.0. The summed E-state index contributed by atoms with van der Waals surface area (Å²) in [6.45, 7) is 2.00. The third-order valence-corrected chi connectivity index (χ3v) is 3.83. The summed E-state index contributed by atoms with van der Waals surface area (Å²) in [7, 11) is 0. The molecule has 0 aromatic heterocycles. The van der Waals surface area contributed by atoms with Crippen LogP contribution >= 0.6 is 11.8 Å². The minimum atomic E-state index is -0.482. The zero-order chi connectivity index (χ0) is 15.9. The van der Waals surface area contributed by atoms with Gasteiger partial charge in [0.05, 0.1) is 5.75 Å². The molecule has 0 saturated heterocycles. The first-order valence-corrected chi connectivity index (χ1v) is 7.61. The summed E-state index contributed by atoms with van der Waals surface area (Å²) in [6, 6.07) is 13.7. The van der Waals surface area contributed by atoms with Crippen molar-refractivity contribution in [3.05, 3.63) is 59.7 Å². The van der Waals surface area contributed by atoms with Crippen LogP contribution in [-0.2, 0) is 4.79 Å². The molecule has 22 heavy (non-hydrogen) atoms. The van der Waals surface area contributed by atoms with Crippen molar-refractivity contribution in [1.29, 1.82) is 0 Å². The number of aromatic hydroxyl groups is 1. The molecular weight excluding hydrogens is 300 g/mol. The number of benzene rings is 2. The van der Waals surface area contributed by atoms with E-state index in [0.29, 0.717) is 0 Å². The highest BCUT2D eigenvalue weighted by atomic mass is 32.2. The Hall–Kier alpha value is -2.47. The van der Waals surface area contributed by atoms with Crippen LogP contribution in [0.4, 0.5) is 0 Å². The number of carbonyl (C=O) groups is 2. The SMILES string of the molecule is Cc1ccc(SCC(=O)NNC(=O)c2cccc(O)c2)cc1. The molecule has 0 spiro atoms. The highest BCUT2D eigenvalue weighted by Gasteiger charge is 2.08. The van der Waals surface area contributed by atoms with Crippen molar-refractivity contribution >= 4 is 23.6 Å². The van der Waals surface area contributed by atoms with Crippen molar-refractivity contribution in [2.75, 3.05) is 5.75 Å². The van der Waals surface area contributed by atoms with Crippen LogP contribution in [0.3, 0.4) is 0 Å². The molecule has 3 N–H and O–H groups in total. The molecule has 0 unspecified atom stereocenters. The Balaban J connectivity index is 1.78. The maximum atomic E-state index is 11.8. The maximum absolute atomic E-state index is 11.8. The molecule has 5 nitrogen and oxygen atoms in total. The Kier molecular flexibility index (Phi) is 5.43. The fraction of sp³-hybridized carbons (Fsp3) is 0.125. The topological polar surface area (TPSA) is 78.4 Å². The Bertz CT molecular complexity index is 671. The normalized spacial score (nSPS) is 10.0. The largest absolute Gasteiger partial charge is 0.508 e. The molecule has 6 heteroatoms. The van der Waals surface area contributed by atoms with E-state index in [4.69, 9.17) is 0 Å². The van der Waals surface area contributed by atoms with Crippen molar-refractivity contribution in [3.63, 3.8) is 0 Å². The summed E-state index contributed by atoms with van der Waals surface area (Å²) in [5, 5.41) is 9.30. The number of hydrogen-bond donors (Lipinski definition) is 3. The van der Waals surface area contributed by atoms with Gasteiger partial charge in [0.25, 0.3) is 5.91 Å². The van der Waals surface area contributed by atoms with Gasteiger partial charge < -0.3 is 5.11 Å². The van der Waals surface area contributed by atoms with Gasteiger partial charge >= 0.3 is 0 Å². The number of thioether (sulfide) groups is 1. The summed E-state index contributed by atoms with van der Waals surface area (Å²) < 4.78 is 0. The van der Waals surface area contributed by atoms with Gasteiger partial charge in [-0.1, -0.05) is 23.8 Å². The lowest BCUT2D eigenvalue weighted by Crippen LogP contribution is -2.42. The average Bonchev–Trinajstić information content (AvgIpc) is 2.52. The minimum absolute atomic E-state index is 0.00565. The molecule has 0 saturated carbocycles. The van der Waals surface area contributed by atoms with Gasteiger partial charge in [0.1, 0.15) is 5.75 Å². The van der Waals surface area contributed by atoms with Gasteiger partial charge in [-0.25, -0.2) is 0 Å². The van der Waals surface area contributed by atoms with Gasteiger partial charge in [-0.2, -0.15) is 0 Å². The third-order valence-electron chi connectivity index (χ3n) is 2.81. The summed E-state index contributed by atoms with van der Waals surface area (Å²) in [4.78, 5) is 24.4. The van der Waals surface area contributed by atoms with Gasteiger partial charge in [0.2, 0.25) is 5.91 Å². The highest BCUT2D eigenvalue weighted by Crippen LogP contribution is 2.17. The van der Waals surface area contributed by atoms with Gasteiger partial charge in [-0.3, -0.25) is 20.4 Å². The van der Waals surface area contributed by atoms with Crippen LogP contribution in [0.2, 0.25) is 0 Å². The van der Waals surface area contributed by atoms with E-state index in [1.54, 1.807) is 12.1 Å². The second-order valence-electron chi connectivity index (χ2n) is 4.65. The van der Waals surface area contributed by atoms with Crippen LogP contribution in [0.15, 0.2) is 53.4 Å². The first kappa shape index (κ1) is 15.9. The Morgan fingerprint density at radius 3 is 2.50 bits per heavy atom. The Morgan fingerprint density at radius 2 is 1.82 bits per heavy atom. The number of aryl methyl sites for hydroxylation is 1. The highest BCUT2D eigenvalue weighted by molar-refractivity contribution is 8.00. The molecule has 2 amide bonds. The molecule has 114 valence electrons. The van der Waals surface area contributed by atoms with Crippen molar-refractivity contribution in [1.82, 2.24) is 10.9 Å². The lowest BCUT2D eigenvalue weighted by molar-refractivity contribution is -0.119. The number of hydrogen-bond acceptors (Lipinski definition) is 4. The van der Waals surface area contributed by atoms with Crippen molar-refractivity contribution in [3.8, 4) is 5.75 Å². The average molecular weight is 316 g/mol. The molecule has 2 rings (SSSR count). The van der Waals surface area contributed by atoms with E-state index < -0.39 is 5.91 Å². The summed E-state index contributed by atoms with van der Waals surface area (Å²) in [5.74, 6) is -0.596. The second-order valence-corrected chi connectivity index (χ2v) is 5.70. The van der Waals surface area contributed by atoms with Gasteiger partial charge in [-0.05, 0) is 37.3 Å². The molecule has 2 aromatic carbocycles. The lowest BCUT2D eigenvalue weighted by atomic mass is 10.2. The number of hydrazine groups is 1. The fourth-order valence-electron chi connectivity index (χ4n) is 1.67. The standard InChI is InChI=1S/C16H16N2O3S/c1-11-5-7-14(8-6-11)22-10-15(20)17-18-16(21)12-3-2-4-13(19)9-12/h2-9,19H,10H2,1H3,(H,17,20)(H,18,21). The molecule has 0 aliphatic heterocycles. The van der Waals surface area contributed by atoms with Crippen LogP contribution in [0.25, 0.3) is 0 Å². The van der Waals surface area contributed by atoms with Crippen molar-refractivity contribution in [2.24, 2.45) is 0 Å². The van der Waals surface area contributed by atoms with E-state index in [2.05, 4.69) is 10.9 Å². The van der Waals surface area contributed by atoms with Crippen LogP contribution in [0.1, 0.15) is 15.9 Å². The first-order valence-electron chi connectivity index (χ1n) is 6.62. The predicted molar refractivity (Wildman–Crippen MR) is 85.6 cm³/mol. The van der Waals surface area contributed by atoms with Crippen LogP contribution < -0.4 is 10.9 Å². The van der Waals surface area contributed by atoms with E-state index in [9.17, 15) is 14.7 Å². The predicted octanol–water partition coefficient (Wildman–Crippen LogP) is 2.25. The Labute approximate surface area is 132 Å². The molecule has 0 atom stereocenters. The zero-order valence-corrected chi connectivity index (χ0v) is 12.8. The lowest BCUT2D eigenvalue weighted by Gasteiger charge is -2.07. The molecule has 0 radical (unpaired) electrons. The quantitative estimate of drug-likeness (QED) is 0.597. The maximum Gasteiger partial charge on any atom is 0.269 e. The van der Waals surface area contributed by atoms with Crippen LogP contribution in [-0.4, -0.2) is 22.7 Å². The first-order chi connectivity index (χ1) is 10.5. The van der Waals surface area contributed by atoms with E-state index in [-0.39, 0.29) is 23.0 Å². The molecular formula is C16H16N2O3S. The summed E-state index contributed by atoms with van der Waals surface area (Å²) >= 11 is 1.38. The monoisotopic (exact) mass is 316 g/mol. The Morgan fingerprint density at radius 1 is 1.09 bits per heavy atom. The van der Waals surface area contributed by atoms with Crippen molar-refractivity contribution < 1.29 is 14.7 Å². The number of carbonyl (C=O) groups excluding carboxylic acids is 2. The molecule has 0 bridgehead atoms.